The van der Waals surface area contributed by atoms with E-state index in [0.717, 1.165) is 12.1 Å². The van der Waals surface area contributed by atoms with Gasteiger partial charge in [0.05, 0.1) is 16.8 Å². The highest BCUT2D eigenvalue weighted by molar-refractivity contribution is 5.80. The highest BCUT2D eigenvalue weighted by Gasteiger charge is 2.31. The van der Waals surface area contributed by atoms with Gasteiger partial charge < -0.3 is 5.73 Å². The minimum absolute atomic E-state index is 0.0481. The Morgan fingerprint density at radius 3 is 2.40 bits per heavy atom. The number of rotatable bonds is 6. The molecule has 2 heterocycles. The molecule has 0 saturated carbocycles. The van der Waals surface area contributed by atoms with E-state index < -0.39 is 29.2 Å². The SMILES string of the molecule is Cn1c(CCC(N)c2ccccc2F)nc(-c2ccncc2)c(-c2cccc(C(F)(F)F)c2)c1=O. The smallest absolute Gasteiger partial charge is 0.324 e. The molecule has 0 aliphatic heterocycles. The molecular formula is C26H22F4N4O. The van der Waals surface area contributed by atoms with Gasteiger partial charge in [-0.1, -0.05) is 30.3 Å². The maximum absolute atomic E-state index is 14.1. The number of aryl methyl sites for hydroxylation is 1. The third-order valence-electron chi connectivity index (χ3n) is 5.80. The van der Waals surface area contributed by atoms with Crippen molar-refractivity contribution < 1.29 is 17.6 Å². The van der Waals surface area contributed by atoms with E-state index in [1.807, 2.05) is 0 Å². The van der Waals surface area contributed by atoms with E-state index in [1.54, 1.807) is 30.3 Å². The van der Waals surface area contributed by atoms with E-state index in [4.69, 9.17) is 5.73 Å². The van der Waals surface area contributed by atoms with Crippen molar-refractivity contribution in [3.8, 4) is 22.4 Å². The predicted molar refractivity (Wildman–Crippen MR) is 125 cm³/mol. The molecule has 2 N–H and O–H groups in total. The Morgan fingerprint density at radius 1 is 1.00 bits per heavy atom. The number of nitrogens with two attached hydrogens (primary N) is 1. The van der Waals surface area contributed by atoms with E-state index >= 15 is 0 Å². The van der Waals surface area contributed by atoms with Crippen LogP contribution in [-0.4, -0.2) is 14.5 Å². The standard InChI is InChI=1S/C26H22F4N4O/c1-34-22(10-9-21(31)19-7-2-3-8-20(19)27)33-24(16-11-13-32-14-12-16)23(25(34)35)17-5-4-6-18(15-17)26(28,29)30/h2-8,11-15,21H,9-10,31H2,1H3. The summed E-state index contributed by atoms with van der Waals surface area (Å²) in [5, 5.41) is 0. The van der Waals surface area contributed by atoms with Crippen LogP contribution in [0, 0.1) is 5.82 Å². The van der Waals surface area contributed by atoms with Crippen LogP contribution in [0.5, 0.6) is 0 Å². The fourth-order valence-electron chi connectivity index (χ4n) is 3.92. The lowest BCUT2D eigenvalue weighted by Gasteiger charge is -2.17. The van der Waals surface area contributed by atoms with Crippen LogP contribution in [0.4, 0.5) is 17.6 Å². The van der Waals surface area contributed by atoms with Crippen molar-refractivity contribution in [2.45, 2.75) is 25.1 Å². The number of aromatic nitrogens is 3. The normalized spacial score (nSPS) is 12.5. The molecule has 0 aliphatic rings. The molecule has 180 valence electrons. The Labute approximate surface area is 198 Å². The van der Waals surface area contributed by atoms with Gasteiger partial charge in [-0.05, 0) is 42.3 Å². The monoisotopic (exact) mass is 482 g/mol. The molecule has 0 fully saturated rings. The number of halogens is 4. The molecule has 0 radical (unpaired) electrons. The molecule has 4 rings (SSSR count). The summed E-state index contributed by atoms with van der Waals surface area (Å²) in [5.74, 6) is -0.0384. The first-order valence-electron chi connectivity index (χ1n) is 10.8. The molecular weight excluding hydrogens is 460 g/mol. The van der Waals surface area contributed by atoms with Crippen LogP contribution < -0.4 is 11.3 Å². The second-order valence-corrected chi connectivity index (χ2v) is 8.10. The Hall–Kier alpha value is -3.85. The Kier molecular flexibility index (Phi) is 6.79. The molecule has 0 aliphatic carbocycles. The van der Waals surface area contributed by atoms with Gasteiger partial charge in [0.25, 0.3) is 5.56 Å². The first-order valence-corrected chi connectivity index (χ1v) is 10.8. The molecule has 9 heteroatoms. The number of nitrogens with zero attached hydrogens (tertiary/aromatic N) is 3. The minimum atomic E-state index is -4.56. The Morgan fingerprint density at radius 2 is 1.71 bits per heavy atom. The second kappa shape index (κ2) is 9.79. The van der Waals surface area contributed by atoms with Gasteiger partial charge in [-0.3, -0.25) is 14.3 Å². The van der Waals surface area contributed by atoms with Crippen molar-refractivity contribution >= 4 is 0 Å². The molecule has 4 aromatic rings. The van der Waals surface area contributed by atoms with Crippen molar-refractivity contribution in [2.75, 3.05) is 0 Å². The molecule has 0 spiro atoms. The topological polar surface area (TPSA) is 73.8 Å². The average molecular weight is 482 g/mol. The fourth-order valence-corrected chi connectivity index (χ4v) is 3.92. The van der Waals surface area contributed by atoms with Crippen molar-refractivity contribution in [3.63, 3.8) is 0 Å². The van der Waals surface area contributed by atoms with E-state index in [2.05, 4.69) is 9.97 Å². The minimum Gasteiger partial charge on any atom is -0.324 e. The second-order valence-electron chi connectivity index (χ2n) is 8.10. The lowest BCUT2D eigenvalue weighted by molar-refractivity contribution is -0.137. The number of alkyl halides is 3. The molecule has 0 saturated heterocycles. The van der Waals surface area contributed by atoms with Gasteiger partial charge in [0.1, 0.15) is 11.6 Å². The van der Waals surface area contributed by atoms with Crippen LogP contribution in [0.2, 0.25) is 0 Å². The first kappa shape index (κ1) is 24.3. The van der Waals surface area contributed by atoms with Gasteiger partial charge >= 0.3 is 6.18 Å². The van der Waals surface area contributed by atoms with Crippen molar-refractivity contribution in [1.29, 1.82) is 0 Å². The summed E-state index contributed by atoms with van der Waals surface area (Å²) in [7, 11) is 1.51. The highest BCUT2D eigenvalue weighted by atomic mass is 19.4. The third-order valence-corrected chi connectivity index (χ3v) is 5.80. The summed E-state index contributed by atoms with van der Waals surface area (Å²) in [5.41, 5.74) is 6.11. The van der Waals surface area contributed by atoms with Crippen LogP contribution in [-0.2, 0) is 19.6 Å². The summed E-state index contributed by atoms with van der Waals surface area (Å²) in [6.45, 7) is 0. The Bertz CT molecular complexity index is 1400. The van der Waals surface area contributed by atoms with E-state index in [-0.39, 0.29) is 23.2 Å². The molecule has 5 nitrogen and oxygen atoms in total. The maximum atomic E-state index is 14.1. The first-order chi connectivity index (χ1) is 16.7. The average Bonchev–Trinajstić information content (AvgIpc) is 2.85. The lowest BCUT2D eigenvalue weighted by Crippen LogP contribution is -2.26. The van der Waals surface area contributed by atoms with Crippen LogP contribution in [0.25, 0.3) is 22.4 Å². The van der Waals surface area contributed by atoms with Crippen molar-refractivity contribution in [3.05, 3.63) is 106 Å². The molecule has 2 aromatic heterocycles. The lowest BCUT2D eigenvalue weighted by atomic mass is 9.98. The summed E-state index contributed by atoms with van der Waals surface area (Å²) < 4.78 is 55.5. The predicted octanol–water partition coefficient (Wildman–Crippen LogP) is 5.30. The van der Waals surface area contributed by atoms with Gasteiger partial charge in [-0.2, -0.15) is 13.2 Å². The quantitative estimate of drug-likeness (QED) is 0.379. The molecule has 35 heavy (non-hydrogen) atoms. The zero-order valence-electron chi connectivity index (χ0n) is 18.8. The molecule has 2 aromatic carbocycles. The summed E-state index contributed by atoms with van der Waals surface area (Å²) in [4.78, 5) is 22.1. The van der Waals surface area contributed by atoms with E-state index in [9.17, 15) is 22.4 Å². The summed E-state index contributed by atoms with van der Waals surface area (Å²) >= 11 is 0. The summed E-state index contributed by atoms with van der Waals surface area (Å²) in [6.07, 6.45) is -0.979. The largest absolute Gasteiger partial charge is 0.416 e. The van der Waals surface area contributed by atoms with Gasteiger partial charge in [0.2, 0.25) is 0 Å². The van der Waals surface area contributed by atoms with E-state index in [0.29, 0.717) is 23.4 Å². The van der Waals surface area contributed by atoms with Crippen LogP contribution in [0.1, 0.15) is 29.4 Å². The van der Waals surface area contributed by atoms with Gasteiger partial charge in [0, 0.05) is 43.0 Å². The maximum Gasteiger partial charge on any atom is 0.416 e. The number of hydrogen-bond acceptors (Lipinski definition) is 4. The number of hydrogen-bond donors (Lipinski definition) is 1. The Balaban J connectivity index is 1.80. The van der Waals surface area contributed by atoms with E-state index in [1.165, 1.54) is 42.2 Å². The van der Waals surface area contributed by atoms with Crippen molar-refractivity contribution in [2.24, 2.45) is 12.8 Å². The van der Waals surface area contributed by atoms with Crippen LogP contribution in [0.3, 0.4) is 0 Å². The highest BCUT2D eigenvalue weighted by Crippen LogP contribution is 2.34. The molecule has 0 bridgehead atoms. The zero-order valence-corrected chi connectivity index (χ0v) is 18.8. The van der Waals surface area contributed by atoms with Crippen LogP contribution in [0.15, 0.2) is 77.9 Å². The summed E-state index contributed by atoms with van der Waals surface area (Å²) in [6, 6.07) is 13.4. The zero-order chi connectivity index (χ0) is 25.2. The molecule has 1 unspecified atom stereocenters. The van der Waals surface area contributed by atoms with Crippen LogP contribution >= 0.6 is 0 Å². The van der Waals surface area contributed by atoms with Gasteiger partial charge in [-0.15, -0.1) is 0 Å². The molecule has 1 atom stereocenters. The molecule has 0 amide bonds. The number of pyridine rings is 1. The van der Waals surface area contributed by atoms with Gasteiger partial charge in [0.15, 0.2) is 0 Å². The number of benzene rings is 2. The van der Waals surface area contributed by atoms with Crippen molar-refractivity contribution in [1.82, 2.24) is 14.5 Å². The van der Waals surface area contributed by atoms with Gasteiger partial charge in [-0.25, -0.2) is 9.37 Å². The fraction of sp³-hybridized carbons (Fsp3) is 0.192. The third kappa shape index (κ3) is 5.14.